The molecule has 1 aliphatic heterocycles. The Balaban J connectivity index is 1.93. The molecule has 0 bridgehead atoms. The first-order valence-electron chi connectivity index (χ1n) is 7.12. The van der Waals surface area contributed by atoms with Gasteiger partial charge in [0.25, 0.3) is 0 Å². The molecule has 0 aliphatic carbocycles. The molecule has 1 aromatic carbocycles. The molecule has 1 aromatic heterocycles. The van der Waals surface area contributed by atoms with Crippen molar-refractivity contribution in [2.75, 3.05) is 26.3 Å². The zero-order valence-corrected chi connectivity index (χ0v) is 12.0. The zero-order chi connectivity index (χ0) is 13.9. The highest BCUT2D eigenvalue weighted by atomic mass is 16.5. The first-order chi connectivity index (χ1) is 9.74. The number of aromatic nitrogens is 2. The van der Waals surface area contributed by atoms with Crippen LogP contribution in [-0.4, -0.2) is 40.8 Å². The van der Waals surface area contributed by atoms with Crippen LogP contribution in [0.4, 0.5) is 0 Å². The summed E-state index contributed by atoms with van der Waals surface area (Å²) in [5.41, 5.74) is 3.41. The lowest BCUT2D eigenvalue weighted by molar-refractivity contribution is 0.0327. The van der Waals surface area contributed by atoms with Crippen LogP contribution < -0.4 is 0 Å². The van der Waals surface area contributed by atoms with Crippen molar-refractivity contribution in [1.82, 2.24) is 14.5 Å². The summed E-state index contributed by atoms with van der Waals surface area (Å²) in [5.74, 6) is 1.12. The van der Waals surface area contributed by atoms with Gasteiger partial charge in [-0.1, -0.05) is 24.3 Å². The Hall–Kier alpha value is -1.65. The number of benzene rings is 1. The van der Waals surface area contributed by atoms with Gasteiger partial charge in [0.1, 0.15) is 5.82 Å². The first kappa shape index (κ1) is 13.3. The Kier molecular flexibility index (Phi) is 3.85. The summed E-state index contributed by atoms with van der Waals surface area (Å²) in [6.45, 7) is 11.4. The van der Waals surface area contributed by atoms with E-state index in [9.17, 15) is 0 Å². The molecule has 0 amide bonds. The van der Waals surface area contributed by atoms with Crippen molar-refractivity contribution in [2.24, 2.45) is 0 Å². The van der Waals surface area contributed by atoms with E-state index < -0.39 is 0 Å². The quantitative estimate of drug-likeness (QED) is 0.800. The lowest BCUT2D eigenvalue weighted by atomic mass is 10.3. The minimum absolute atomic E-state index is 0.820. The topological polar surface area (TPSA) is 30.3 Å². The third-order valence-electron chi connectivity index (χ3n) is 3.63. The van der Waals surface area contributed by atoms with Crippen molar-refractivity contribution < 1.29 is 4.74 Å². The predicted octanol–water partition coefficient (Wildman–Crippen LogP) is 2.44. The van der Waals surface area contributed by atoms with Crippen molar-refractivity contribution in [3.63, 3.8) is 0 Å². The van der Waals surface area contributed by atoms with Gasteiger partial charge in [-0.3, -0.25) is 4.90 Å². The zero-order valence-electron chi connectivity index (χ0n) is 12.0. The van der Waals surface area contributed by atoms with Crippen molar-refractivity contribution in [3.05, 3.63) is 42.2 Å². The molecule has 2 aromatic rings. The Bertz CT molecular complexity index is 611. The average Bonchev–Trinajstić information content (AvgIpc) is 2.78. The fourth-order valence-corrected chi connectivity index (χ4v) is 2.65. The second-order valence-electron chi connectivity index (χ2n) is 5.45. The summed E-state index contributed by atoms with van der Waals surface area (Å²) in [5, 5.41) is 0. The number of ether oxygens (including phenoxy) is 1. The van der Waals surface area contributed by atoms with Gasteiger partial charge in [0, 0.05) is 19.6 Å². The van der Waals surface area contributed by atoms with Crippen LogP contribution >= 0.6 is 0 Å². The molecule has 0 radical (unpaired) electrons. The van der Waals surface area contributed by atoms with E-state index in [4.69, 9.17) is 9.72 Å². The smallest absolute Gasteiger partial charge is 0.124 e. The highest BCUT2D eigenvalue weighted by Gasteiger charge is 2.16. The predicted molar refractivity (Wildman–Crippen MR) is 80.6 cm³/mol. The summed E-state index contributed by atoms with van der Waals surface area (Å²) in [4.78, 5) is 7.20. The summed E-state index contributed by atoms with van der Waals surface area (Å²) in [6.07, 6.45) is 0. The number of nitrogens with zero attached hydrogens (tertiary/aromatic N) is 3. The van der Waals surface area contributed by atoms with Crippen LogP contribution in [0.1, 0.15) is 12.7 Å². The van der Waals surface area contributed by atoms with Crippen LogP contribution in [0.2, 0.25) is 0 Å². The molecule has 0 unspecified atom stereocenters. The van der Waals surface area contributed by atoms with Crippen LogP contribution in [-0.2, 0) is 17.8 Å². The third kappa shape index (κ3) is 2.76. The molecule has 0 atom stereocenters. The largest absolute Gasteiger partial charge is 0.379 e. The molecule has 0 saturated carbocycles. The van der Waals surface area contributed by atoms with Crippen LogP contribution in [0.3, 0.4) is 0 Å². The molecule has 0 spiro atoms. The number of para-hydroxylation sites is 2. The summed E-state index contributed by atoms with van der Waals surface area (Å²) >= 11 is 0. The van der Waals surface area contributed by atoms with E-state index in [1.165, 1.54) is 5.52 Å². The summed E-state index contributed by atoms with van der Waals surface area (Å²) in [7, 11) is 0. The molecule has 4 nitrogen and oxygen atoms in total. The number of morpholine rings is 1. The van der Waals surface area contributed by atoms with Gasteiger partial charge in [0.05, 0.1) is 30.8 Å². The fraction of sp³-hybridized carbons (Fsp3) is 0.438. The lowest BCUT2D eigenvalue weighted by Crippen LogP contribution is -2.36. The van der Waals surface area contributed by atoms with E-state index in [1.54, 1.807) is 0 Å². The standard InChI is InChI=1S/C16H21N3O/c1-13(2)11-19-15-6-4-3-5-14(15)17-16(19)12-18-7-9-20-10-8-18/h3-6H,1,7-12H2,2H3. The summed E-state index contributed by atoms with van der Waals surface area (Å²) in [6, 6.07) is 8.32. The van der Waals surface area contributed by atoms with Gasteiger partial charge in [-0.2, -0.15) is 0 Å². The molecule has 1 aliphatic rings. The minimum Gasteiger partial charge on any atom is -0.379 e. The number of hydrogen-bond donors (Lipinski definition) is 0. The highest BCUT2D eigenvalue weighted by molar-refractivity contribution is 5.76. The van der Waals surface area contributed by atoms with E-state index in [1.807, 2.05) is 6.07 Å². The Morgan fingerprint density at radius 2 is 2.05 bits per heavy atom. The van der Waals surface area contributed by atoms with E-state index in [2.05, 4.69) is 41.2 Å². The number of fused-ring (bicyclic) bond motifs is 1. The molecule has 106 valence electrons. The molecule has 20 heavy (non-hydrogen) atoms. The first-order valence-corrected chi connectivity index (χ1v) is 7.12. The maximum absolute atomic E-state index is 5.41. The van der Waals surface area contributed by atoms with E-state index in [0.717, 1.165) is 56.3 Å². The van der Waals surface area contributed by atoms with E-state index in [-0.39, 0.29) is 0 Å². The van der Waals surface area contributed by atoms with E-state index >= 15 is 0 Å². The number of allylic oxidation sites excluding steroid dienone is 1. The maximum Gasteiger partial charge on any atom is 0.124 e. The summed E-state index contributed by atoms with van der Waals surface area (Å²) < 4.78 is 7.69. The Morgan fingerprint density at radius 1 is 1.30 bits per heavy atom. The Morgan fingerprint density at radius 3 is 2.80 bits per heavy atom. The van der Waals surface area contributed by atoms with Gasteiger partial charge in [-0.15, -0.1) is 0 Å². The molecule has 3 rings (SSSR count). The fourth-order valence-electron chi connectivity index (χ4n) is 2.65. The van der Waals surface area contributed by atoms with Crippen molar-refractivity contribution in [1.29, 1.82) is 0 Å². The molecular formula is C16H21N3O. The highest BCUT2D eigenvalue weighted by Crippen LogP contribution is 2.19. The normalized spacial score (nSPS) is 16.6. The van der Waals surface area contributed by atoms with Crippen LogP contribution in [0.5, 0.6) is 0 Å². The SMILES string of the molecule is C=C(C)Cn1c(CN2CCOCC2)nc2ccccc21. The monoisotopic (exact) mass is 271 g/mol. The van der Waals surface area contributed by atoms with Crippen molar-refractivity contribution in [3.8, 4) is 0 Å². The van der Waals surface area contributed by atoms with Gasteiger partial charge >= 0.3 is 0 Å². The molecule has 4 heteroatoms. The van der Waals surface area contributed by atoms with Gasteiger partial charge in [-0.25, -0.2) is 4.98 Å². The number of imidazole rings is 1. The molecule has 0 N–H and O–H groups in total. The van der Waals surface area contributed by atoms with Crippen LogP contribution in [0.25, 0.3) is 11.0 Å². The second-order valence-corrected chi connectivity index (χ2v) is 5.45. The molecule has 2 heterocycles. The number of hydrogen-bond acceptors (Lipinski definition) is 3. The molecule has 1 fully saturated rings. The third-order valence-corrected chi connectivity index (χ3v) is 3.63. The Labute approximate surface area is 119 Å². The maximum atomic E-state index is 5.41. The van der Waals surface area contributed by atoms with E-state index in [0.29, 0.717) is 0 Å². The minimum atomic E-state index is 0.820. The van der Waals surface area contributed by atoms with Gasteiger partial charge < -0.3 is 9.30 Å². The average molecular weight is 271 g/mol. The van der Waals surface area contributed by atoms with Gasteiger partial charge in [-0.05, 0) is 19.1 Å². The van der Waals surface area contributed by atoms with Gasteiger partial charge in [0.15, 0.2) is 0 Å². The van der Waals surface area contributed by atoms with Crippen molar-refractivity contribution >= 4 is 11.0 Å². The number of rotatable bonds is 4. The second kappa shape index (κ2) is 5.77. The molecular weight excluding hydrogens is 250 g/mol. The van der Waals surface area contributed by atoms with Crippen LogP contribution in [0, 0.1) is 0 Å². The molecule has 1 saturated heterocycles. The van der Waals surface area contributed by atoms with Crippen molar-refractivity contribution in [2.45, 2.75) is 20.0 Å². The van der Waals surface area contributed by atoms with Crippen LogP contribution in [0.15, 0.2) is 36.4 Å². The lowest BCUT2D eigenvalue weighted by Gasteiger charge is -2.26. The van der Waals surface area contributed by atoms with Gasteiger partial charge in [0.2, 0.25) is 0 Å².